The van der Waals surface area contributed by atoms with Crippen LogP contribution in [0.4, 0.5) is 10.3 Å². The molecule has 2 rings (SSSR count). The number of rotatable bonds is 5. The first-order valence-electron chi connectivity index (χ1n) is 6.26. The van der Waals surface area contributed by atoms with Crippen molar-refractivity contribution in [3.63, 3.8) is 0 Å². The highest BCUT2D eigenvalue weighted by molar-refractivity contribution is 5.26. The van der Waals surface area contributed by atoms with Gasteiger partial charge < -0.3 is 5.32 Å². The topological polar surface area (TPSA) is 57.8 Å². The van der Waals surface area contributed by atoms with Crippen molar-refractivity contribution in [1.29, 1.82) is 0 Å². The van der Waals surface area contributed by atoms with Gasteiger partial charge in [-0.15, -0.1) is 0 Å². The fourth-order valence-electron chi connectivity index (χ4n) is 1.75. The predicted octanol–water partition coefficient (Wildman–Crippen LogP) is 2.13. The molecular weight excluding hydrogens is 245 g/mol. The number of nitrogens with one attached hydrogen (secondary N) is 2. The van der Waals surface area contributed by atoms with E-state index in [9.17, 15) is 9.18 Å². The molecule has 2 N–H and O–H groups in total. The third kappa shape index (κ3) is 3.91. The largest absolute Gasteiger partial charge is 0.355 e. The van der Waals surface area contributed by atoms with Crippen LogP contribution >= 0.6 is 0 Å². The van der Waals surface area contributed by atoms with Gasteiger partial charge in [-0.05, 0) is 30.5 Å². The molecule has 100 valence electrons. The number of halogens is 1. The first-order chi connectivity index (χ1) is 9.17. The molecular formula is C14H16FN3O. The highest BCUT2D eigenvalue weighted by Gasteiger charge is 2.00. The van der Waals surface area contributed by atoms with Crippen LogP contribution in [0.2, 0.25) is 0 Å². The van der Waals surface area contributed by atoms with Crippen molar-refractivity contribution in [2.75, 3.05) is 11.9 Å². The van der Waals surface area contributed by atoms with Crippen LogP contribution in [0.15, 0.2) is 35.1 Å². The van der Waals surface area contributed by atoms with Crippen LogP contribution in [0.5, 0.6) is 0 Å². The van der Waals surface area contributed by atoms with Gasteiger partial charge >= 0.3 is 0 Å². The van der Waals surface area contributed by atoms with E-state index < -0.39 is 0 Å². The van der Waals surface area contributed by atoms with Crippen LogP contribution in [-0.2, 0) is 12.8 Å². The molecule has 0 spiro atoms. The predicted molar refractivity (Wildman–Crippen MR) is 72.8 cm³/mol. The Balaban J connectivity index is 1.93. The van der Waals surface area contributed by atoms with Gasteiger partial charge in [0.25, 0.3) is 5.56 Å². The lowest BCUT2D eigenvalue weighted by molar-refractivity contribution is 0.627. The Kier molecular flexibility index (Phi) is 4.28. The SMILES string of the molecule is CCc1cc(=O)[nH]c(NCCc2ccc(F)cc2)n1. The monoisotopic (exact) mass is 261 g/mol. The Morgan fingerprint density at radius 3 is 2.74 bits per heavy atom. The molecule has 1 aromatic carbocycles. The van der Waals surface area contributed by atoms with Gasteiger partial charge in [-0.3, -0.25) is 9.78 Å². The summed E-state index contributed by atoms with van der Waals surface area (Å²) in [6, 6.07) is 7.86. The average Bonchev–Trinajstić information content (AvgIpc) is 2.40. The molecule has 0 saturated heterocycles. The van der Waals surface area contributed by atoms with Crippen LogP contribution in [0, 0.1) is 5.82 Å². The maximum absolute atomic E-state index is 12.7. The van der Waals surface area contributed by atoms with E-state index in [1.165, 1.54) is 18.2 Å². The standard InChI is InChI=1S/C14H16FN3O/c1-2-12-9-13(19)18-14(17-12)16-8-7-10-3-5-11(15)6-4-10/h3-6,9H,2,7-8H2,1H3,(H2,16,17,18,19). The van der Waals surface area contributed by atoms with Crippen molar-refractivity contribution in [2.45, 2.75) is 19.8 Å². The second-order valence-corrected chi connectivity index (χ2v) is 4.24. The van der Waals surface area contributed by atoms with Crippen LogP contribution in [0.25, 0.3) is 0 Å². The molecule has 4 nitrogen and oxygen atoms in total. The Morgan fingerprint density at radius 2 is 2.05 bits per heavy atom. The number of hydrogen-bond donors (Lipinski definition) is 2. The summed E-state index contributed by atoms with van der Waals surface area (Å²) in [4.78, 5) is 18.3. The molecule has 0 atom stereocenters. The number of anilines is 1. The zero-order valence-corrected chi connectivity index (χ0v) is 10.7. The van der Waals surface area contributed by atoms with Gasteiger partial charge in [0, 0.05) is 18.3 Å². The van der Waals surface area contributed by atoms with E-state index in [2.05, 4.69) is 15.3 Å². The highest BCUT2D eigenvalue weighted by atomic mass is 19.1. The fourth-order valence-corrected chi connectivity index (χ4v) is 1.75. The van der Waals surface area contributed by atoms with Crippen molar-refractivity contribution >= 4 is 5.95 Å². The zero-order chi connectivity index (χ0) is 13.7. The first kappa shape index (κ1) is 13.3. The molecule has 0 aliphatic heterocycles. The Bertz CT molecular complexity index is 592. The van der Waals surface area contributed by atoms with Crippen LogP contribution in [0.1, 0.15) is 18.2 Å². The molecule has 2 aromatic rings. The molecule has 1 heterocycles. The maximum Gasteiger partial charge on any atom is 0.252 e. The zero-order valence-electron chi connectivity index (χ0n) is 10.7. The molecule has 0 aliphatic carbocycles. The molecule has 19 heavy (non-hydrogen) atoms. The van der Waals surface area contributed by atoms with Crippen LogP contribution in [-0.4, -0.2) is 16.5 Å². The second kappa shape index (κ2) is 6.13. The van der Waals surface area contributed by atoms with Crippen molar-refractivity contribution in [3.05, 3.63) is 57.8 Å². The third-order valence-electron chi connectivity index (χ3n) is 2.78. The van der Waals surface area contributed by atoms with E-state index in [0.717, 1.165) is 24.1 Å². The van der Waals surface area contributed by atoms with Crippen molar-refractivity contribution in [2.24, 2.45) is 0 Å². The van der Waals surface area contributed by atoms with Crippen molar-refractivity contribution in [1.82, 2.24) is 9.97 Å². The van der Waals surface area contributed by atoms with Gasteiger partial charge in [-0.1, -0.05) is 19.1 Å². The molecule has 0 bridgehead atoms. The summed E-state index contributed by atoms with van der Waals surface area (Å²) in [6.07, 6.45) is 1.46. The highest BCUT2D eigenvalue weighted by Crippen LogP contribution is 2.04. The minimum absolute atomic E-state index is 0.156. The minimum atomic E-state index is -0.238. The quantitative estimate of drug-likeness (QED) is 0.866. The fraction of sp³-hybridized carbons (Fsp3) is 0.286. The van der Waals surface area contributed by atoms with E-state index in [1.807, 2.05) is 6.92 Å². The van der Waals surface area contributed by atoms with Gasteiger partial charge in [-0.25, -0.2) is 9.37 Å². The third-order valence-corrected chi connectivity index (χ3v) is 2.78. The number of hydrogen-bond acceptors (Lipinski definition) is 3. The number of aryl methyl sites for hydroxylation is 1. The number of aromatic amines is 1. The average molecular weight is 261 g/mol. The van der Waals surface area contributed by atoms with Gasteiger partial charge in [0.1, 0.15) is 5.82 Å². The van der Waals surface area contributed by atoms with Crippen LogP contribution in [0.3, 0.4) is 0 Å². The lowest BCUT2D eigenvalue weighted by Crippen LogP contribution is -2.15. The Hall–Kier alpha value is -2.17. The molecule has 0 saturated carbocycles. The van der Waals surface area contributed by atoms with E-state index in [1.54, 1.807) is 12.1 Å². The summed E-state index contributed by atoms with van der Waals surface area (Å²) in [5, 5.41) is 3.06. The Labute approximate surface area is 110 Å². The van der Waals surface area contributed by atoms with Crippen molar-refractivity contribution < 1.29 is 4.39 Å². The molecule has 0 aliphatic rings. The Morgan fingerprint density at radius 1 is 1.32 bits per heavy atom. The molecule has 1 aromatic heterocycles. The lowest BCUT2D eigenvalue weighted by atomic mass is 10.1. The van der Waals surface area contributed by atoms with Crippen LogP contribution < -0.4 is 10.9 Å². The number of benzene rings is 1. The van der Waals surface area contributed by atoms with Gasteiger partial charge in [-0.2, -0.15) is 0 Å². The van der Waals surface area contributed by atoms with E-state index in [-0.39, 0.29) is 11.4 Å². The normalized spacial score (nSPS) is 10.4. The molecule has 0 radical (unpaired) electrons. The van der Waals surface area contributed by atoms with E-state index in [4.69, 9.17) is 0 Å². The van der Waals surface area contributed by atoms with E-state index >= 15 is 0 Å². The first-order valence-corrected chi connectivity index (χ1v) is 6.26. The summed E-state index contributed by atoms with van der Waals surface area (Å²) in [6.45, 7) is 2.58. The number of aromatic nitrogens is 2. The summed E-state index contributed by atoms with van der Waals surface area (Å²) >= 11 is 0. The summed E-state index contributed by atoms with van der Waals surface area (Å²) in [5.74, 6) is 0.241. The number of nitrogens with zero attached hydrogens (tertiary/aromatic N) is 1. The maximum atomic E-state index is 12.7. The molecule has 0 fully saturated rings. The van der Waals surface area contributed by atoms with Crippen molar-refractivity contribution in [3.8, 4) is 0 Å². The molecule has 0 amide bonds. The minimum Gasteiger partial charge on any atom is -0.355 e. The second-order valence-electron chi connectivity index (χ2n) is 4.24. The van der Waals surface area contributed by atoms with Gasteiger partial charge in [0.05, 0.1) is 0 Å². The van der Waals surface area contributed by atoms with Gasteiger partial charge in [0.2, 0.25) is 5.95 Å². The summed E-state index contributed by atoms with van der Waals surface area (Å²) in [5.41, 5.74) is 1.63. The lowest BCUT2D eigenvalue weighted by Gasteiger charge is -2.06. The van der Waals surface area contributed by atoms with Gasteiger partial charge in [0.15, 0.2) is 0 Å². The summed E-state index contributed by atoms with van der Waals surface area (Å²) < 4.78 is 12.7. The molecule has 0 unspecified atom stereocenters. The number of H-pyrrole nitrogens is 1. The van der Waals surface area contributed by atoms with E-state index in [0.29, 0.717) is 12.5 Å². The smallest absolute Gasteiger partial charge is 0.252 e. The summed E-state index contributed by atoms with van der Waals surface area (Å²) in [7, 11) is 0. The molecule has 5 heteroatoms.